The van der Waals surface area contributed by atoms with Crippen LogP contribution in [0.2, 0.25) is 0 Å². The molecule has 19 heavy (non-hydrogen) atoms. The summed E-state index contributed by atoms with van der Waals surface area (Å²) in [5.41, 5.74) is 10.5. The molecule has 1 aromatic carbocycles. The molecule has 0 bridgehead atoms. The summed E-state index contributed by atoms with van der Waals surface area (Å²) in [7, 11) is 2.12. The lowest BCUT2D eigenvalue weighted by Crippen LogP contribution is -2.19. The first-order valence-electron chi connectivity index (χ1n) is 6.56. The van der Waals surface area contributed by atoms with Crippen LogP contribution in [0.25, 0.3) is 0 Å². The third-order valence-electron chi connectivity index (χ3n) is 3.15. The Morgan fingerprint density at radius 2 is 2.00 bits per heavy atom. The van der Waals surface area contributed by atoms with Gasteiger partial charge in [-0.05, 0) is 31.2 Å². The van der Waals surface area contributed by atoms with E-state index in [0.29, 0.717) is 6.54 Å². The number of aryl methyl sites for hydroxylation is 1. The van der Waals surface area contributed by atoms with Crippen molar-refractivity contribution < 1.29 is 0 Å². The first-order valence-corrected chi connectivity index (χ1v) is 6.56. The maximum absolute atomic E-state index is 5.72. The van der Waals surface area contributed by atoms with Gasteiger partial charge in [0.2, 0.25) is 0 Å². The molecule has 0 amide bonds. The van der Waals surface area contributed by atoms with Gasteiger partial charge in [0.1, 0.15) is 0 Å². The number of aromatic nitrogens is 1. The monoisotopic (exact) mass is 255 g/mol. The van der Waals surface area contributed by atoms with E-state index in [1.807, 2.05) is 6.07 Å². The summed E-state index contributed by atoms with van der Waals surface area (Å²) in [5.74, 6) is 0. The van der Waals surface area contributed by atoms with Gasteiger partial charge in [-0.2, -0.15) is 0 Å². The smallest absolute Gasteiger partial charge is 0.0584 e. The van der Waals surface area contributed by atoms with Crippen LogP contribution in [0.1, 0.15) is 22.4 Å². The molecule has 2 rings (SSSR count). The van der Waals surface area contributed by atoms with E-state index in [2.05, 4.69) is 54.2 Å². The number of benzene rings is 1. The first kappa shape index (κ1) is 13.7. The second-order valence-electron chi connectivity index (χ2n) is 4.97. The van der Waals surface area contributed by atoms with Crippen LogP contribution < -0.4 is 5.73 Å². The number of hydrogen-bond donors (Lipinski definition) is 1. The summed E-state index contributed by atoms with van der Waals surface area (Å²) >= 11 is 0. The largest absolute Gasteiger partial charge is 0.325 e. The molecule has 0 aliphatic carbocycles. The Hall–Kier alpha value is -1.71. The van der Waals surface area contributed by atoms with Crippen molar-refractivity contribution in [2.24, 2.45) is 5.73 Å². The summed E-state index contributed by atoms with van der Waals surface area (Å²) in [4.78, 5) is 6.60. The van der Waals surface area contributed by atoms with Crippen LogP contribution in [0.15, 0.2) is 42.6 Å². The lowest BCUT2D eigenvalue weighted by atomic mass is 10.1. The maximum Gasteiger partial charge on any atom is 0.0584 e. The zero-order valence-corrected chi connectivity index (χ0v) is 11.6. The Kier molecular flexibility index (Phi) is 4.66. The average molecular weight is 255 g/mol. The predicted molar refractivity (Wildman–Crippen MR) is 78.5 cm³/mol. The van der Waals surface area contributed by atoms with Crippen LogP contribution in [0.4, 0.5) is 0 Å². The van der Waals surface area contributed by atoms with Crippen LogP contribution in [0.5, 0.6) is 0 Å². The molecule has 3 heteroatoms. The maximum atomic E-state index is 5.72. The molecule has 3 nitrogen and oxygen atoms in total. The molecule has 0 radical (unpaired) electrons. The number of nitrogens with two attached hydrogens (primary N) is 1. The zero-order chi connectivity index (χ0) is 13.7. The molecule has 2 N–H and O–H groups in total. The second-order valence-corrected chi connectivity index (χ2v) is 4.97. The van der Waals surface area contributed by atoms with Crippen molar-refractivity contribution in [3.63, 3.8) is 0 Å². The SMILES string of the molecule is Cc1cccc(CN(C)Cc2cccnc2CN)c1. The normalized spacial score (nSPS) is 10.9. The molecule has 100 valence electrons. The number of rotatable bonds is 5. The second kappa shape index (κ2) is 6.45. The van der Waals surface area contributed by atoms with Crippen LogP contribution in [-0.2, 0) is 19.6 Å². The van der Waals surface area contributed by atoms with E-state index in [-0.39, 0.29) is 0 Å². The molecule has 0 atom stereocenters. The van der Waals surface area contributed by atoms with Crippen LogP contribution >= 0.6 is 0 Å². The molecule has 1 heterocycles. The lowest BCUT2D eigenvalue weighted by molar-refractivity contribution is 0.317. The van der Waals surface area contributed by atoms with E-state index < -0.39 is 0 Å². The fourth-order valence-corrected chi connectivity index (χ4v) is 2.27. The molecular formula is C16H21N3. The highest BCUT2D eigenvalue weighted by Gasteiger charge is 2.06. The number of pyridine rings is 1. The van der Waals surface area contributed by atoms with E-state index in [9.17, 15) is 0 Å². The van der Waals surface area contributed by atoms with Crippen LogP contribution in [0.3, 0.4) is 0 Å². The average Bonchev–Trinajstić information content (AvgIpc) is 2.39. The Morgan fingerprint density at radius 3 is 2.74 bits per heavy atom. The standard InChI is InChI=1S/C16H21N3/c1-13-5-3-6-14(9-13)11-19(2)12-15-7-4-8-18-16(15)10-17/h3-9H,10-12,17H2,1-2H3. The number of nitrogens with zero attached hydrogens (tertiary/aromatic N) is 2. The topological polar surface area (TPSA) is 42.2 Å². The third kappa shape index (κ3) is 3.88. The Labute approximate surface area is 115 Å². The van der Waals surface area contributed by atoms with E-state index in [1.165, 1.54) is 16.7 Å². The van der Waals surface area contributed by atoms with Crippen molar-refractivity contribution >= 4 is 0 Å². The van der Waals surface area contributed by atoms with Crippen LogP contribution in [-0.4, -0.2) is 16.9 Å². The molecule has 0 spiro atoms. The van der Waals surface area contributed by atoms with Gasteiger partial charge in [-0.1, -0.05) is 35.9 Å². The van der Waals surface area contributed by atoms with Crippen molar-refractivity contribution in [3.8, 4) is 0 Å². The summed E-state index contributed by atoms with van der Waals surface area (Å²) in [6.45, 7) is 4.42. The van der Waals surface area contributed by atoms with Gasteiger partial charge in [0.25, 0.3) is 0 Å². The fraction of sp³-hybridized carbons (Fsp3) is 0.312. The van der Waals surface area contributed by atoms with Gasteiger partial charge >= 0.3 is 0 Å². The minimum absolute atomic E-state index is 0.495. The highest BCUT2D eigenvalue weighted by molar-refractivity contribution is 5.23. The summed E-state index contributed by atoms with van der Waals surface area (Å²) in [6.07, 6.45) is 1.80. The van der Waals surface area contributed by atoms with Crippen molar-refractivity contribution in [1.29, 1.82) is 0 Å². The van der Waals surface area contributed by atoms with Crippen LogP contribution in [0, 0.1) is 6.92 Å². The van der Waals surface area contributed by atoms with Gasteiger partial charge in [-0.3, -0.25) is 9.88 Å². The van der Waals surface area contributed by atoms with Gasteiger partial charge in [0.15, 0.2) is 0 Å². The van der Waals surface area contributed by atoms with Gasteiger partial charge in [0.05, 0.1) is 5.69 Å². The van der Waals surface area contributed by atoms with Gasteiger partial charge in [-0.25, -0.2) is 0 Å². The van der Waals surface area contributed by atoms with E-state index in [1.54, 1.807) is 6.20 Å². The third-order valence-corrected chi connectivity index (χ3v) is 3.15. The van der Waals surface area contributed by atoms with Crippen molar-refractivity contribution in [1.82, 2.24) is 9.88 Å². The summed E-state index contributed by atoms with van der Waals surface area (Å²) < 4.78 is 0. The molecule has 1 aromatic heterocycles. The van der Waals surface area contributed by atoms with Gasteiger partial charge in [-0.15, -0.1) is 0 Å². The Bertz CT molecular complexity index is 537. The molecule has 0 aliphatic rings. The van der Waals surface area contributed by atoms with Gasteiger partial charge in [0, 0.05) is 25.8 Å². The molecule has 0 aliphatic heterocycles. The first-order chi connectivity index (χ1) is 9.19. The molecule has 2 aromatic rings. The van der Waals surface area contributed by atoms with Crippen molar-refractivity contribution in [2.75, 3.05) is 7.05 Å². The minimum Gasteiger partial charge on any atom is -0.325 e. The molecule has 0 saturated carbocycles. The number of hydrogen-bond acceptors (Lipinski definition) is 3. The fourth-order valence-electron chi connectivity index (χ4n) is 2.27. The predicted octanol–water partition coefficient (Wildman–Crippen LogP) is 2.48. The summed E-state index contributed by atoms with van der Waals surface area (Å²) in [6, 6.07) is 12.7. The van der Waals surface area contributed by atoms with E-state index in [0.717, 1.165) is 18.8 Å². The highest BCUT2D eigenvalue weighted by Crippen LogP contribution is 2.11. The molecule has 0 fully saturated rings. The molecular weight excluding hydrogens is 234 g/mol. The van der Waals surface area contributed by atoms with E-state index >= 15 is 0 Å². The zero-order valence-electron chi connectivity index (χ0n) is 11.6. The lowest BCUT2D eigenvalue weighted by Gasteiger charge is -2.18. The summed E-state index contributed by atoms with van der Waals surface area (Å²) in [5, 5.41) is 0. The molecule has 0 unspecified atom stereocenters. The quantitative estimate of drug-likeness (QED) is 0.892. The van der Waals surface area contributed by atoms with E-state index in [4.69, 9.17) is 5.73 Å². The highest BCUT2D eigenvalue weighted by atomic mass is 15.1. The van der Waals surface area contributed by atoms with Gasteiger partial charge < -0.3 is 5.73 Å². The van der Waals surface area contributed by atoms with Crippen molar-refractivity contribution in [2.45, 2.75) is 26.6 Å². The molecule has 0 saturated heterocycles. The Balaban J connectivity index is 2.03. The van der Waals surface area contributed by atoms with Crippen molar-refractivity contribution in [3.05, 3.63) is 65.0 Å². The minimum atomic E-state index is 0.495. The Morgan fingerprint density at radius 1 is 1.16 bits per heavy atom.